The monoisotopic (exact) mass is 475 g/mol. The van der Waals surface area contributed by atoms with Crippen LogP contribution < -0.4 is 20.1 Å². The zero-order valence-corrected chi connectivity index (χ0v) is 19.8. The molecular formula is C23H26ClN3O4S. The van der Waals surface area contributed by atoms with Gasteiger partial charge in [0.1, 0.15) is 5.92 Å². The minimum atomic E-state index is -1.03. The van der Waals surface area contributed by atoms with Crippen molar-refractivity contribution in [3.05, 3.63) is 53.1 Å². The van der Waals surface area contributed by atoms with Gasteiger partial charge in [-0.25, -0.2) is 0 Å². The number of fused-ring (bicyclic) bond motifs is 4. The average Bonchev–Trinajstić information content (AvgIpc) is 2.77. The van der Waals surface area contributed by atoms with E-state index in [1.54, 1.807) is 38.5 Å². The van der Waals surface area contributed by atoms with Crippen molar-refractivity contribution in [2.45, 2.75) is 25.1 Å². The van der Waals surface area contributed by atoms with E-state index in [9.17, 15) is 4.79 Å². The summed E-state index contributed by atoms with van der Waals surface area (Å²) in [4.78, 5) is 15.6. The molecular weight excluding hydrogens is 450 g/mol. The highest BCUT2D eigenvalue weighted by molar-refractivity contribution is 7.80. The van der Waals surface area contributed by atoms with Crippen LogP contribution in [-0.2, 0) is 9.53 Å². The first-order chi connectivity index (χ1) is 15.4. The number of rotatable bonds is 7. The second-order valence-electron chi connectivity index (χ2n) is 7.93. The number of para-hydroxylation sites is 1. The van der Waals surface area contributed by atoms with Crippen molar-refractivity contribution in [2.75, 3.05) is 32.7 Å². The predicted octanol–water partition coefficient (Wildman–Crippen LogP) is 3.98. The lowest BCUT2D eigenvalue weighted by Gasteiger charge is -2.56. The summed E-state index contributed by atoms with van der Waals surface area (Å²) in [5.41, 5.74) is 0.460. The van der Waals surface area contributed by atoms with Crippen molar-refractivity contribution < 1.29 is 19.0 Å². The van der Waals surface area contributed by atoms with Gasteiger partial charge in [0.05, 0.1) is 13.2 Å². The van der Waals surface area contributed by atoms with Gasteiger partial charge >= 0.3 is 0 Å². The van der Waals surface area contributed by atoms with Gasteiger partial charge in [-0.2, -0.15) is 0 Å². The third-order valence-corrected chi connectivity index (χ3v) is 6.56. The standard InChI is InChI=1S/C23H26ClN3O4S/c1-23-18(21(28)25-15-10-8-14(24)9-11-15)19(26-22(32)27(23)12-5-13-29-2)16-6-4-7-17(30-3)20(16)31-23/h4,6-11,18-19H,5,12-13H2,1-3H3,(H,25,28)(H,26,32)/t18-,19-,23-/m0/s1. The SMILES string of the molecule is COCCCN1C(=S)N[C@H]2c3cccc(OC)c3O[C@@]1(C)[C@@H]2C(=O)Nc1ccc(Cl)cc1. The molecule has 170 valence electrons. The normalized spacial score (nSPS) is 23.6. The van der Waals surface area contributed by atoms with Gasteiger partial charge in [0.15, 0.2) is 22.3 Å². The Hall–Kier alpha value is -2.55. The first kappa shape index (κ1) is 22.6. The number of carbonyl (C=O) groups excluding carboxylic acids is 1. The molecule has 2 bridgehead atoms. The molecule has 7 nitrogen and oxygen atoms in total. The van der Waals surface area contributed by atoms with E-state index in [-0.39, 0.29) is 11.9 Å². The molecule has 9 heteroatoms. The number of benzene rings is 2. The van der Waals surface area contributed by atoms with Crippen molar-refractivity contribution in [1.82, 2.24) is 10.2 Å². The molecule has 1 saturated heterocycles. The van der Waals surface area contributed by atoms with Gasteiger partial charge in [0.25, 0.3) is 0 Å². The molecule has 0 aliphatic carbocycles. The third kappa shape index (κ3) is 3.98. The maximum absolute atomic E-state index is 13.6. The molecule has 0 radical (unpaired) electrons. The van der Waals surface area contributed by atoms with E-state index in [4.69, 9.17) is 38.0 Å². The quantitative estimate of drug-likeness (QED) is 0.463. The molecule has 32 heavy (non-hydrogen) atoms. The predicted molar refractivity (Wildman–Crippen MR) is 127 cm³/mol. The van der Waals surface area contributed by atoms with Gasteiger partial charge in [-0.15, -0.1) is 0 Å². The van der Waals surface area contributed by atoms with E-state index in [1.165, 1.54) is 0 Å². The van der Waals surface area contributed by atoms with Crippen LogP contribution in [0.1, 0.15) is 24.9 Å². The number of hydrogen-bond donors (Lipinski definition) is 2. The van der Waals surface area contributed by atoms with E-state index in [0.717, 1.165) is 12.0 Å². The first-order valence-electron chi connectivity index (χ1n) is 10.4. The zero-order valence-electron chi connectivity index (χ0n) is 18.2. The van der Waals surface area contributed by atoms with Gasteiger partial charge in [-0.1, -0.05) is 23.7 Å². The fourth-order valence-corrected chi connectivity index (χ4v) is 4.97. The Morgan fingerprint density at radius 2 is 2.03 bits per heavy atom. The number of anilines is 1. The third-order valence-electron chi connectivity index (χ3n) is 5.97. The molecule has 2 heterocycles. The van der Waals surface area contributed by atoms with E-state index in [2.05, 4.69) is 10.6 Å². The second kappa shape index (κ2) is 9.13. The minimum absolute atomic E-state index is 0.181. The van der Waals surface area contributed by atoms with Crippen LogP contribution in [0, 0.1) is 5.92 Å². The largest absolute Gasteiger partial charge is 0.493 e. The van der Waals surface area contributed by atoms with Crippen LogP contribution in [0.2, 0.25) is 5.02 Å². The lowest BCUT2D eigenvalue weighted by atomic mass is 9.78. The van der Waals surface area contributed by atoms with Crippen LogP contribution in [0.3, 0.4) is 0 Å². The molecule has 2 aliphatic heterocycles. The molecule has 2 aromatic rings. The summed E-state index contributed by atoms with van der Waals surface area (Å²) in [5, 5.41) is 7.54. The van der Waals surface area contributed by atoms with Gasteiger partial charge in [0.2, 0.25) is 5.91 Å². The Bertz CT molecular complexity index is 1020. The Labute approximate surface area is 198 Å². The Balaban J connectivity index is 1.75. The molecule has 3 atom stereocenters. The minimum Gasteiger partial charge on any atom is -0.493 e. The number of amides is 1. The number of nitrogens with one attached hydrogen (secondary N) is 2. The molecule has 0 saturated carbocycles. The Morgan fingerprint density at radius 1 is 1.28 bits per heavy atom. The summed E-state index contributed by atoms with van der Waals surface area (Å²) < 4.78 is 17.3. The van der Waals surface area contributed by atoms with E-state index >= 15 is 0 Å². The smallest absolute Gasteiger partial charge is 0.236 e. The fraction of sp³-hybridized carbons (Fsp3) is 0.391. The number of carbonyl (C=O) groups is 1. The molecule has 4 rings (SSSR count). The topological polar surface area (TPSA) is 72.1 Å². The van der Waals surface area contributed by atoms with E-state index in [0.29, 0.717) is 40.5 Å². The van der Waals surface area contributed by atoms with Crippen molar-refractivity contribution in [3.8, 4) is 11.5 Å². The lowest BCUT2D eigenvalue weighted by Crippen LogP contribution is -2.71. The van der Waals surface area contributed by atoms with Crippen molar-refractivity contribution >= 4 is 40.5 Å². The Morgan fingerprint density at radius 3 is 2.72 bits per heavy atom. The maximum Gasteiger partial charge on any atom is 0.236 e. The van der Waals surface area contributed by atoms with Gasteiger partial charge in [0, 0.05) is 36.5 Å². The summed E-state index contributed by atoms with van der Waals surface area (Å²) in [7, 11) is 3.26. The molecule has 2 aromatic carbocycles. The highest BCUT2D eigenvalue weighted by Crippen LogP contribution is 2.51. The molecule has 0 spiro atoms. The molecule has 2 N–H and O–H groups in total. The van der Waals surface area contributed by atoms with Crippen LogP contribution in [-0.4, -0.2) is 49.0 Å². The van der Waals surface area contributed by atoms with Crippen molar-refractivity contribution in [2.24, 2.45) is 5.92 Å². The molecule has 2 aliphatic rings. The van der Waals surface area contributed by atoms with E-state index in [1.807, 2.05) is 30.0 Å². The Kier molecular flexibility index (Phi) is 6.46. The van der Waals surface area contributed by atoms with Crippen LogP contribution in [0.15, 0.2) is 42.5 Å². The van der Waals surface area contributed by atoms with Crippen LogP contribution in [0.25, 0.3) is 0 Å². The summed E-state index contributed by atoms with van der Waals surface area (Å²) in [5.74, 6) is 0.457. The van der Waals surface area contributed by atoms with E-state index < -0.39 is 11.6 Å². The highest BCUT2D eigenvalue weighted by atomic mass is 35.5. The number of hydrogen-bond acceptors (Lipinski definition) is 5. The molecule has 0 aromatic heterocycles. The molecule has 1 amide bonds. The maximum atomic E-state index is 13.6. The van der Waals surface area contributed by atoms with Gasteiger partial charge in [-0.05, 0) is 55.9 Å². The van der Waals surface area contributed by atoms with Crippen LogP contribution in [0.4, 0.5) is 5.69 Å². The molecule has 1 fully saturated rings. The summed E-state index contributed by atoms with van der Waals surface area (Å²) in [6.07, 6.45) is 0.728. The molecule has 0 unspecified atom stereocenters. The first-order valence-corrected chi connectivity index (χ1v) is 11.2. The van der Waals surface area contributed by atoms with Crippen molar-refractivity contribution in [1.29, 1.82) is 0 Å². The lowest BCUT2D eigenvalue weighted by molar-refractivity contribution is -0.149. The number of halogens is 1. The number of thiocarbonyl (C=S) groups is 1. The number of ether oxygens (including phenoxy) is 3. The zero-order chi connectivity index (χ0) is 22.9. The number of nitrogens with zero attached hydrogens (tertiary/aromatic N) is 1. The average molecular weight is 476 g/mol. The number of methoxy groups -OCH3 is 2. The van der Waals surface area contributed by atoms with Crippen LogP contribution in [0.5, 0.6) is 11.5 Å². The van der Waals surface area contributed by atoms with Gasteiger partial charge < -0.3 is 29.7 Å². The van der Waals surface area contributed by atoms with Crippen LogP contribution >= 0.6 is 23.8 Å². The summed E-state index contributed by atoms with van der Waals surface area (Å²) in [6, 6.07) is 12.3. The van der Waals surface area contributed by atoms with Gasteiger partial charge in [-0.3, -0.25) is 4.79 Å². The second-order valence-corrected chi connectivity index (χ2v) is 8.76. The fourth-order valence-electron chi connectivity index (χ4n) is 4.44. The summed E-state index contributed by atoms with van der Waals surface area (Å²) >= 11 is 11.7. The highest BCUT2D eigenvalue weighted by Gasteiger charge is 2.58. The van der Waals surface area contributed by atoms with Crippen molar-refractivity contribution in [3.63, 3.8) is 0 Å². The summed E-state index contributed by atoms with van der Waals surface area (Å²) in [6.45, 7) is 3.04.